The third-order valence-corrected chi connectivity index (χ3v) is 3.03. The van der Waals surface area contributed by atoms with E-state index in [-0.39, 0.29) is 36.3 Å². The number of nitrogens with zero attached hydrogens (tertiary/aromatic N) is 2. The molecule has 0 aliphatic heterocycles. The molecule has 1 heterocycles. The number of rotatable bonds is 6. The molecular formula is C12H14Cl2FN5O2. The first kappa shape index (κ1) is 18.1. The highest BCUT2D eigenvalue weighted by molar-refractivity contribution is 6.31. The molecule has 0 saturated carbocycles. The summed E-state index contributed by atoms with van der Waals surface area (Å²) in [7, 11) is 0. The molecule has 0 unspecified atom stereocenters. The van der Waals surface area contributed by atoms with Gasteiger partial charge in [0.15, 0.2) is 0 Å². The number of carbonyl (C=O) groups excluding carboxylic acids is 1. The van der Waals surface area contributed by atoms with E-state index in [0.29, 0.717) is 23.7 Å². The van der Waals surface area contributed by atoms with Gasteiger partial charge >= 0.3 is 0 Å². The molecule has 1 aromatic carbocycles. The predicted molar refractivity (Wildman–Crippen MR) is 81.4 cm³/mol. The van der Waals surface area contributed by atoms with Gasteiger partial charge in [-0.1, -0.05) is 17.7 Å². The standard InChI is InChI=1S/C12H13ClFN5O2.ClH/c13-8-2-1-3-9(14)7(8)6-16-4-5-17-12(20)10-11(15)19-21-18-10;/h1-3,16H,4-6H2,(H2,15,19)(H,17,20);1H. The molecular weight excluding hydrogens is 336 g/mol. The maximum atomic E-state index is 13.5. The first-order chi connectivity index (χ1) is 10.1. The van der Waals surface area contributed by atoms with E-state index in [9.17, 15) is 9.18 Å². The Morgan fingerprint density at radius 1 is 1.36 bits per heavy atom. The van der Waals surface area contributed by atoms with Crippen molar-refractivity contribution in [2.45, 2.75) is 6.54 Å². The number of aromatic nitrogens is 2. The highest BCUT2D eigenvalue weighted by Crippen LogP contribution is 2.18. The van der Waals surface area contributed by atoms with E-state index in [4.69, 9.17) is 17.3 Å². The maximum absolute atomic E-state index is 13.5. The highest BCUT2D eigenvalue weighted by atomic mass is 35.5. The lowest BCUT2D eigenvalue weighted by molar-refractivity contribution is 0.0944. The van der Waals surface area contributed by atoms with Crippen molar-refractivity contribution in [2.75, 3.05) is 18.8 Å². The molecule has 0 atom stereocenters. The first-order valence-electron chi connectivity index (χ1n) is 6.09. The van der Waals surface area contributed by atoms with Crippen LogP contribution in [0.2, 0.25) is 5.02 Å². The Morgan fingerprint density at radius 2 is 2.14 bits per heavy atom. The Kier molecular flexibility index (Phi) is 7.03. The molecule has 120 valence electrons. The average molecular weight is 350 g/mol. The largest absolute Gasteiger partial charge is 0.379 e. The van der Waals surface area contributed by atoms with Gasteiger partial charge in [-0.15, -0.1) is 12.4 Å². The number of anilines is 1. The summed E-state index contributed by atoms with van der Waals surface area (Å²) in [6.45, 7) is 0.980. The van der Waals surface area contributed by atoms with Gasteiger partial charge < -0.3 is 16.4 Å². The summed E-state index contributed by atoms with van der Waals surface area (Å²) in [5, 5.41) is 12.6. The van der Waals surface area contributed by atoms with Gasteiger partial charge in [0.05, 0.1) is 0 Å². The fourth-order valence-corrected chi connectivity index (χ4v) is 1.85. The summed E-state index contributed by atoms with van der Waals surface area (Å²) in [5.41, 5.74) is 5.70. The lowest BCUT2D eigenvalue weighted by Crippen LogP contribution is -2.32. The molecule has 22 heavy (non-hydrogen) atoms. The summed E-state index contributed by atoms with van der Waals surface area (Å²) in [6, 6.07) is 4.49. The molecule has 2 aromatic rings. The predicted octanol–water partition coefficient (Wildman–Crippen LogP) is 1.39. The van der Waals surface area contributed by atoms with Gasteiger partial charge in [0.25, 0.3) is 5.91 Å². The van der Waals surface area contributed by atoms with E-state index in [0.717, 1.165) is 0 Å². The van der Waals surface area contributed by atoms with Crippen LogP contribution in [0.25, 0.3) is 0 Å². The van der Waals surface area contributed by atoms with Crippen molar-refractivity contribution in [1.29, 1.82) is 0 Å². The third kappa shape index (κ3) is 4.55. The van der Waals surface area contributed by atoms with Gasteiger partial charge in [0.1, 0.15) is 5.82 Å². The number of carbonyl (C=O) groups is 1. The number of halogens is 3. The summed E-state index contributed by atoms with van der Waals surface area (Å²) in [4.78, 5) is 11.6. The van der Waals surface area contributed by atoms with Crippen molar-refractivity contribution in [2.24, 2.45) is 0 Å². The van der Waals surface area contributed by atoms with E-state index < -0.39 is 5.91 Å². The van der Waals surface area contributed by atoms with E-state index in [1.807, 2.05) is 0 Å². The van der Waals surface area contributed by atoms with Crippen LogP contribution in [0, 0.1) is 5.82 Å². The summed E-state index contributed by atoms with van der Waals surface area (Å²) in [5.74, 6) is -0.932. The molecule has 4 N–H and O–H groups in total. The number of nitrogen functional groups attached to an aromatic ring is 1. The monoisotopic (exact) mass is 349 g/mol. The lowest BCUT2D eigenvalue weighted by Gasteiger charge is -2.08. The van der Waals surface area contributed by atoms with Gasteiger partial charge in [-0.25, -0.2) is 9.02 Å². The van der Waals surface area contributed by atoms with Crippen molar-refractivity contribution >= 4 is 35.7 Å². The zero-order chi connectivity index (χ0) is 15.2. The molecule has 10 heteroatoms. The van der Waals surface area contributed by atoms with Crippen LogP contribution in [0.15, 0.2) is 22.8 Å². The molecule has 0 saturated heterocycles. The smallest absolute Gasteiger partial charge is 0.277 e. The van der Waals surface area contributed by atoms with Crippen molar-refractivity contribution in [3.63, 3.8) is 0 Å². The lowest BCUT2D eigenvalue weighted by atomic mass is 10.2. The fraction of sp³-hybridized carbons (Fsp3) is 0.250. The van der Waals surface area contributed by atoms with E-state index >= 15 is 0 Å². The van der Waals surface area contributed by atoms with Crippen molar-refractivity contribution in [3.05, 3.63) is 40.3 Å². The Morgan fingerprint density at radius 3 is 2.77 bits per heavy atom. The van der Waals surface area contributed by atoms with Crippen molar-refractivity contribution < 1.29 is 13.8 Å². The van der Waals surface area contributed by atoms with Crippen LogP contribution in [0.1, 0.15) is 16.1 Å². The Labute approximate surface area is 136 Å². The molecule has 0 fully saturated rings. The van der Waals surface area contributed by atoms with Crippen LogP contribution >= 0.6 is 24.0 Å². The summed E-state index contributed by atoms with van der Waals surface area (Å²) in [6.07, 6.45) is 0. The number of hydrogen-bond donors (Lipinski definition) is 3. The minimum Gasteiger partial charge on any atom is -0.379 e. The van der Waals surface area contributed by atoms with Gasteiger partial charge in [-0.2, -0.15) is 0 Å². The van der Waals surface area contributed by atoms with Crippen LogP contribution in [-0.2, 0) is 6.54 Å². The number of hydrogen-bond acceptors (Lipinski definition) is 6. The summed E-state index contributed by atoms with van der Waals surface area (Å²) >= 11 is 5.89. The zero-order valence-electron chi connectivity index (χ0n) is 11.3. The van der Waals surface area contributed by atoms with Crippen LogP contribution in [-0.4, -0.2) is 29.3 Å². The minimum atomic E-state index is -0.487. The van der Waals surface area contributed by atoms with Crippen molar-refractivity contribution in [3.8, 4) is 0 Å². The highest BCUT2D eigenvalue weighted by Gasteiger charge is 2.14. The molecule has 0 spiro atoms. The van der Waals surface area contributed by atoms with Gasteiger partial charge in [0.2, 0.25) is 11.5 Å². The molecule has 1 aromatic heterocycles. The molecule has 0 radical (unpaired) electrons. The maximum Gasteiger partial charge on any atom is 0.277 e. The minimum absolute atomic E-state index is 0. The van der Waals surface area contributed by atoms with Gasteiger partial charge in [0, 0.05) is 30.2 Å². The van der Waals surface area contributed by atoms with Crippen LogP contribution in [0.3, 0.4) is 0 Å². The Bertz CT molecular complexity index is 617. The number of benzene rings is 1. The van der Waals surface area contributed by atoms with E-state index in [1.165, 1.54) is 12.1 Å². The Hall–Kier alpha value is -1.90. The molecule has 0 aliphatic carbocycles. The zero-order valence-corrected chi connectivity index (χ0v) is 12.9. The molecule has 1 amide bonds. The van der Waals surface area contributed by atoms with E-state index in [2.05, 4.69) is 25.6 Å². The van der Waals surface area contributed by atoms with Gasteiger partial charge in [-0.05, 0) is 22.4 Å². The first-order valence-corrected chi connectivity index (χ1v) is 6.47. The number of amides is 1. The molecule has 0 aliphatic rings. The fourth-order valence-electron chi connectivity index (χ4n) is 1.62. The van der Waals surface area contributed by atoms with Crippen LogP contribution < -0.4 is 16.4 Å². The molecule has 7 nitrogen and oxygen atoms in total. The second-order valence-corrected chi connectivity index (χ2v) is 4.54. The van der Waals surface area contributed by atoms with Gasteiger partial charge in [-0.3, -0.25) is 4.79 Å². The normalized spacial score (nSPS) is 10.1. The quantitative estimate of drug-likeness (QED) is 0.680. The second kappa shape index (κ2) is 8.52. The third-order valence-electron chi connectivity index (χ3n) is 2.68. The number of nitrogens with one attached hydrogen (secondary N) is 2. The second-order valence-electron chi connectivity index (χ2n) is 4.13. The van der Waals surface area contributed by atoms with E-state index in [1.54, 1.807) is 6.07 Å². The summed E-state index contributed by atoms with van der Waals surface area (Å²) < 4.78 is 17.8. The topological polar surface area (TPSA) is 106 Å². The van der Waals surface area contributed by atoms with Crippen LogP contribution in [0.5, 0.6) is 0 Å². The average Bonchev–Trinajstić information content (AvgIpc) is 2.87. The SMILES string of the molecule is Cl.Nc1nonc1C(=O)NCCNCc1c(F)cccc1Cl. The van der Waals surface area contributed by atoms with Crippen molar-refractivity contribution in [1.82, 2.24) is 20.9 Å². The molecule has 2 rings (SSSR count). The Balaban J connectivity index is 0.00000242. The number of nitrogens with two attached hydrogens (primary N) is 1. The molecule has 0 bridgehead atoms. The van der Waals surface area contributed by atoms with Crippen LogP contribution in [0.4, 0.5) is 10.2 Å².